The van der Waals surface area contributed by atoms with Crippen molar-refractivity contribution in [2.24, 2.45) is 7.05 Å². The zero-order chi connectivity index (χ0) is 14.1. The molecule has 102 valence electrons. The molecule has 0 bridgehead atoms. The number of phenolic OH excluding ortho intramolecular Hbond substituents is 1. The Morgan fingerprint density at radius 2 is 1.90 bits per heavy atom. The number of aryl methyl sites for hydroxylation is 1. The third-order valence-electron chi connectivity index (χ3n) is 3.48. The Hall–Kier alpha value is -2.33. The standard InChI is InChI=1S/C16H16N2O2/c1-18-16(10-20-2)15(9-17-18)13-4-3-12-8-14(19)6-5-11(12)7-13/h3-9,19H,10H2,1-2H3. The third-order valence-corrected chi connectivity index (χ3v) is 3.48. The number of benzene rings is 2. The smallest absolute Gasteiger partial charge is 0.116 e. The van der Waals surface area contributed by atoms with Crippen molar-refractivity contribution in [2.75, 3.05) is 7.11 Å². The first-order valence-corrected chi connectivity index (χ1v) is 6.42. The number of ether oxygens (including phenoxy) is 1. The molecular formula is C16H16N2O2. The average molecular weight is 268 g/mol. The summed E-state index contributed by atoms with van der Waals surface area (Å²) in [6.07, 6.45) is 1.86. The molecule has 0 aliphatic carbocycles. The van der Waals surface area contributed by atoms with E-state index in [1.54, 1.807) is 19.2 Å². The fraction of sp³-hybridized carbons (Fsp3) is 0.188. The monoisotopic (exact) mass is 268 g/mol. The van der Waals surface area contributed by atoms with E-state index in [1.807, 2.05) is 36.1 Å². The van der Waals surface area contributed by atoms with E-state index in [4.69, 9.17) is 4.74 Å². The molecule has 0 saturated heterocycles. The van der Waals surface area contributed by atoms with Crippen LogP contribution in [0.5, 0.6) is 5.75 Å². The van der Waals surface area contributed by atoms with Crippen molar-refractivity contribution in [3.8, 4) is 16.9 Å². The van der Waals surface area contributed by atoms with Crippen molar-refractivity contribution in [1.29, 1.82) is 0 Å². The van der Waals surface area contributed by atoms with Gasteiger partial charge in [0.25, 0.3) is 0 Å². The zero-order valence-electron chi connectivity index (χ0n) is 11.5. The van der Waals surface area contributed by atoms with Crippen LogP contribution in [0.3, 0.4) is 0 Å². The quantitative estimate of drug-likeness (QED) is 0.794. The Kier molecular flexibility index (Phi) is 3.16. The van der Waals surface area contributed by atoms with Crippen LogP contribution in [-0.2, 0) is 18.4 Å². The Morgan fingerprint density at radius 1 is 1.15 bits per heavy atom. The number of fused-ring (bicyclic) bond motifs is 1. The van der Waals surface area contributed by atoms with E-state index in [0.717, 1.165) is 27.6 Å². The van der Waals surface area contributed by atoms with Gasteiger partial charge < -0.3 is 9.84 Å². The number of nitrogens with zero attached hydrogens (tertiary/aromatic N) is 2. The molecule has 0 aliphatic heterocycles. The van der Waals surface area contributed by atoms with Gasteiger partial charge in [0.15, 0.2) is 0 Å². The molecule has 2 aromatic carbocycles. The van der Waals surface area contributed by atoms with E-state index < -0.39 is 0 Å². The van der Waals surface area contributed by atoms with Crippen LogP contribution >= 0.6 is 0 Å². The molecule has 1 N–H and O–H groups in total. The Labute approximate surface area is 117 Å². The summed E-state index contributed by atoms with van der Waals surface area (Å²) in [6.45, 7) is 0.527. The maximum atomic E-state index is 9.50. The molecule has 0 unspecified atom stereocenters. The number of hydrogen-bond donors (Lipinski definition) is 1. The van der Waals surface area contributed by atoms with Gasteiger partial charge in [0, 0.05) is 19.7 Å². The molecule has 0 amide bonds. The Morgan fingerprint density at radius 3 is 2.70 bits per heavy atom. The molecule has 3 rings (SSSR count). The Bertz CT molecular complexity index is 762. The summed E-state index contributed by atoms with van der Waals surface area (Å²) < 4.78 is 7.07. The van der Waals surface area contributed by atoms with E-state index >= 15 is 0 Å². The van der Waals surface area contributed by atoms with Crippen molar-refractivity contribution in [3.05, 3.63) is 48.3 Å². The molecule has 1 heterocycles. The van der Waals surface area contributed by atoms with E-state index in [0.29, 0.717) is 6.61 Å². The highest BCUT2D eigenvalue weighted by molar-refractivity contribution is 5.88. The highest BCUT2D eigenvalue weighted by atomic mass is 16.5. The summed E-state index contributed by atoms with van der Waals surface area (Å²) >= 11 is 0. The molecule has 1 aromatic heterocycles. The first-order chi connectivity index (χ1) is 9.69. The van der Waals surface area contributed by atoms with Crippen LogP contribution in [0.2, 0.25) is 0 Å². The highest BCUT2D eigenvalue weighted by Crippen LogP contribution is 2.28. The van der Waals surface area contributed by atoms with Gasteiger partial charge in [-0.05, 0) is 34.5 Å². The van der Waals surface area contributed by atoms with Gasteiger partial charge in [0.05, 0.1) is 18.5 Å². The molecule has 4 nitrogen and oxygen atoms in total. The summed E-state index contributed by atoms with van der Waals surface area (Å²) in [7, 11) is 3.59. The highest BCUT2D eigenvalue weighted by Gasteiger charge is 2.10. The van der Waals surface area contributed by atoms with Crippen LogP contribution < -0.4 is 0 Å². The summed E-state index contributed by atoms with van der Waals surface area (Å²) in [5.41, 5.74) is 3.22. The summed E-state index contributed by atoms with van der Waals surface area (Å²) in [4.78, 5) is 0. The lowest BCUT2D eigenvalue weighted by atomic mass is 10.0. The van der Waals surface area contributed by atoms with Crippen LogP contribution in [0.4, 0.5) is 0 Å². The van der Waals surface area contributed by atoms with Crippen LogP contribution in [0, 0.1) is 0 Å². The number of phenols is 1. The topological polar surface area (TPSA) is 47.3 Å². The first kappa shape index (κ1) is 12.7. The minimum atomic E-state index is 0.284. The van der Waals surface area contributed by atoms with Gasteiger partial charge in [-0.15, -0.1) is 0 Å². The van der Waals surface area contributed by atoms with Crippen LogP contribution in [0.15, 0.2) is 42.6 Å². The summed E-state index contributed by atoms with van der Waals surface area (Å²) in [6, 6.07) is 11.5. The number of aromatic nitrogens is 2. The lowest BCUT2D eigenvalue weighted by molar-refractivity contribution is 0.178. The van der Waals surface area contributed by atoms with Crippen LogP contribution in [0.1, 0.15) is 5.69 Å². The number of methoxy groups -OCH3 is 1. The van der Waals surface area contributed by atoms with E-state index in [-0.39, 0.29) is 5.75 Å². The normalized spacial score (nSPS) is 11.1. The number of aromatic hydroxyl groups is 1. The van der Waals surface area contributed by atoms with Gasteiger partial charge in [-0.25, -0.2) is 0 Å². The predicted molar refractivity (Wildman–Crippen MR) is 78.5 cm³/mol. The van der Waals surface area contributed by atoms with Gasteiger partial charge in [-0.1, -0.05) is 18.2 Å². The maximum absolute atomic E-state index is 9.50. The first-order valence-electron chi connectivity index (χ1n) is 6.42. The predicted octanol–water partition coefficient (Wildman–Crippen LogP) is 3.09. The molecule has 4 heteroatoms. The number of rotatable bonds is 3. The molecule has 0 saturated carbocycles. The molecule has 0 atom stereocenters. The van der Waals surface area contributed by atoms with Gasteiger partial charge >= 0.3 is 0 Å². The van der Waals surface area contributed by atoms with Crippen molar-refractivity contribution in [2.45, 2.75) is 6.61 Å². The Balaban J connectivity index is 2.12. The summed E-state index contributed by atoms with van der Waals surface area (Å²) in [5, 5.41) is 15.9. The van der Waals surface area contributed by atoms with Crippen molar-refractivity contribution < 1.29 is 9.84 Å². The maximum Gasteiger partial charge on any atom is 0.116 e. The van der Waals surface area contributed by atoms with E-state index in [2.05, 4.69) is 11.2 Å². The van der Waals surface area contributed by atoms with E-state index in [1.165, 1.54) is 0 Å². The number of hydrogen-bond acceptors (Lipinski definition) is 3. The van der Waals surface area contributed by atoms with Crippen molar-refractivity contribution in [1.82, 2.24) is 9.78 Å². The van der Waals surface area contributed by atoms with Crippen LogP contribution in [0.25, 0.3) is 21.9 Å². The molecular weight excluding hydrogens is 252 g/mol. The minimum absolute atomic E-state index is 0.284. The summed E-state index contributed by atoms with van der Waals surface area (Å²) in [5.74, 6) is 0.284. The molecule has 20 heavy (non-hydrogen) atoms. The minimum Gasteiger partial charge on any atom is -0.508 e. The molecule has 0 radical (unpaired) electrons. The van der Waals surface area contributed by atoms with Gasteiger partial charge in [0.1, 0.15) is 5.75 Å². The SMILES string of the molecule is COCc1c(-c2ccc3cc(O)ccc3c2)cnn1C. The second-order valence-electron chi connectivity index (χ2n) is 4.81. The lowest BCUT2D eigenvalue weighted by Crippen LogP contribution is -2.00. The molecule has 0 aliphatic rings. The second kappa shape index (κ2) is 4.98. The zero-order valence-corrected chi connectivity index (χ0v) is 11.5. The molecule has 0 spiro atoms. The largest absolute Gasteiger partial charge is 0.508 e. The van der Waals surface area contributed by atoms with Crippen LogP contribution in [-0.4, -0.2) is 22.0 Å². The van der Waals surface area contributed by atoms with Gasteiger partial charge in [0.2, 0.25) is 0 Å². The average Bonchev–Trinajstić information content (AvgIpc) is 2.80. The lowest BCUT2D eigenvalue weighted by Gasteiger charge is -2.07. The van der Waals surface area contributed by atoms with Crippen molar-refractivity contribution in [3.63, 3.8) is 0 Å². The fourth-order valence-corrected chi connectivity index (χ4v) is 2.41. The third kappa shape index (κ3) is 2.14. The fourth-order valence-electron chi connectivity index (χ4n) is 2.41. The molecule has 3 aromatic rings. The van der Waals surface area contributed by atoms with Gasteiger partial charge in [-0.2, -0.15) is 5.10 Å². The van der Waals surface area contributed by atoms with Gasteiger partial charge in [-0.3, -0.25) is 4.68 Å². The molecule has 0 fully saturated rings. The van der Waals surface area contributed by atoms with Crippen molar-refractivity contribution >= 4 is 10.8 Å². The second-order valence-corrected chi connectivity index (χ2v) is 4.81. The van der Waals surface area contributed by atoms with E-state index in [9.17, 15) is 5.11 Å².